The van der Waals surface area contributed by atoms with Crippen LogP contribution in [0.5, 0.6) is 0 Å². The normalized spacial score (nSPS) is 10.7. The van der Waals surface area contributed by atoms with E-state index in [9.17, 15) is 0 Å². The summed E-state index contributed by atoms with van der Waals surface area (Å²) in [7, 11) is 0. The summed E-state index contributed by atoms with van der Waals surface area (Å²) in [5.41, 5.74) is 0.851. The van der Waals surface area contributed by atoms with Gasteiger partial charge in [0, 0.05) is 12.8 Å². The average molecular weight is 209 g/mol. The lowest BCUT2D eigenvalue weighted by atomic mass is 10.3. The first-order chi connectivity index (χ1) is 7.38. The summed E-state index contributed by atoms with van der Waals surface area (Å²) in [6.45, 7) is 0.586. The van der Waals surface area contributed by atoms with E-state index in [1.54, 1.807) is 10.9 Å². The Morgan fingerprint density at radius 3 is 3.13 bits per heavy atom. The highest BCUT2D eigenvalue weighted by molar-refractivity contribution is 4.93. The number of nitrogens with zero attached hydrogens (tertiary/aromatic N) is 5. The maximum Gasteiger partial charge on any atom is 0.248 e. The number of aliphatic hydroxyl groups excluding tert-OH is 1. The molecule has 0 aliphatic heterocycles. The minimum absolute atomic E-state index is 0.163. The van der Waals surface area contributed by atoms with Crippen LogP contribution in [-0.4, -0.2) is 36.8 Å². The highest BCUT2D eigenvalue weighted by atomic mass is 16.5. The van der Waals surface area contributed by atoms with Crippen LogP contribution in [-0.2, 0) is 13.0 Å². The van der Waals surface area contributed by atoms with Crippen LogP contribution in [0, 0.1) is 0 Å². The van der Waals surface area contributed by atoms with Crippen molar-refractivity contribution in [2.75, 3.05) is 6.61 Å². The molecular formula is C8H11N5O2. The fourth-order valence-corrected chi connectivity index (χ4v) is 1.19. The van der Waals surface area contributed by atoms with Crippen molar-refractivity contribution in [2.24, 2.45) is 0 Å². The van der Waals surface area contributed by atoms with Crippen molar-refractivity contribution in [2.45, 2.75) is 19.4 Å². The zero-order chi connectivity index (χ0) is 10.5. The Hall–Kier alpha value is -1.76. The van der Waals surface area contributed by atoms with Crippen LogP contribution in [0.15, 0.2) is 17.0 Å². The van der Waals surface area contributed by atoms with E-state index in [0.717, 1.165) is 12.1 Å². The van der Waals surface area contributed by atoms with Crippen molar-refractivity contribution in [3.05, 3.63) is 24.1 Å². The van der Waals surface area contributed by atoms with Crippen LogP contribution in [0.3, 0.4) is 0 Å². The molecule has 0 aliphatic rings. The Bertz CT molecular complexity index is 397. The smallest absolute Gasteiger partial charge is 0.248 e. The summed E-state index contributed by atoms with van der Waals surface area (Å²) in [6, 6.07) is 0. The van der Waals surface area contributed by atoms with E-state index >= 15 is 0 Å². The molecule has 0 saturated carbocycles. The van der Waals surface area contributed by atoms with E-state index < -0.39 is 0 Å². The molecule has 0 atom stereocenters. The standard InChI is InChI=1S/C8H11N5O2/c14-3-1-2-7-4-13(12-11-7)5-8-9-6-10-15-8/h4,6,14H,1-3,5H2. The second-order valence-corrected chi connectivity index (χ2v) is 3.07. The molecular weight excluding hydrogens is 198 g/mol. The Labute approximate surface area is 85.7 Å². The predicted octanol–water partition coefficient (Wildman–Crippen LogP) is -0.366. The predicted molar refractivity (Wildman–Crippen MR) is 48.8 cm³/mol. The first-order valence-corrected chi connectivity index (χ1v) is 4.64. The molecule has 0 amide bonds. The highest BCUT2D eigenvalue weighted by Crippen LogP contribution is 2.00. The van der Waals surface area contributed by atoms with Crippen molar-refractivity contribution in [3.8, 4) is 0 Å². The molecule has 1 N–H and O–H groups in total. The summed E-state index contributed by atoms with van der Waals surface area (Å²) in [5.74, 6) is 0.494. The van der Waals surface area contributed by atoms with E-state index in [2.05, 4.69) is 20.5 Å². The maximum atomic E-state index is 8.65. The molecule has 0 fully saturated rings. The molecule has 0 aromatic carbocycles. The van der Waals surface area contributed by atoms with Crippen molar-refractivity contribution < 1.29 is 9.63 Å². The van der Waals surface area contributed by atoms with Crippen LogP contribution in [0.4, 0.5) is 0 Å². The number of aliphatic hydroxyl groups is 1. The minimum atomic E-state index is 0.163. The Morgan fingerprint density at radius 2 is 2.40 bits per heavy atom. The van der Waals surface area contributed by atoms with Gasteiger partial charge in [-0.25, -0.2) is 4.68 Å². The summed E-state index contributed by atoms with van der Waals surface area (Å²) in [6.07, 6.45) is 4.57. The number of rotatable bonds is 5. The summed E-state index contributed by atoms with van der Waals surface area (Å²) < 4.78 is 6.46. The molecule has 7 nitrogen and oxygen atoms in total. The molecule has 7 heteroatoms. The van der Waals surface area contributed by atoms with Crippen LogP contribution in [0.1, 0.15) is 18.0 Å². The van der Waals surface area contributed by atoms with Crippen LogP contribution in [0.2, 0.25) is 0 Å². The van der Waals surface area contributed by atoms with Gasteiger partial charge in [0.25, 0.3) is 0 Å². The molecule has 80 valence electrons. The largest absolute Gasteiger partial charge is 0.396 e. The van der Waals surface area contributed by atoms with Crippen molar-refractivity contribution in [1.82, 2.24) is 25.1 Å². The van der Waals surface area contributed by atoms with E-state index in [4.69, 9.17) is 9.63 Å². The second kappa shape index (κ2) is 4.65. The zero-order valence-corrected chi connectivity index (χ0v) is 8.07. The van der Waals surface area contributed by atoms with Gasteiger partial charge < -0.3 is 9.63 Å². The van der Waals surface area contributed by atoms with E-state index in [0.29, 0.717) is 18.9 Å². The van der Waals surface area contributed by atoms with Crippen LogP contribution < -0.4 is 0 Å². The third kappa shape index (κ3) is 2.59. The Morgan fingerprint density at radius 1 is 1.47 bits per heavy atom. The van der Waals surface area contributed by atoms with Crippen molar-refractivity contribution in [3.63, 3.8) is 0 Å². The van der Waals surface area contributed by atoms with E-state index in [-0.39, 0.29) is 6.61 Å². The van der Waals surface area contributed by atoms with Gasteiger partial charge in [-0.15, -0.1) is 5.10 Å². The fourth-order valence-electron chi connectivity index (χ4n) is 1.19. The molecule has 0 unspecified atom stereocenters. The van der Waals surface area contributed by atoms with Gasteiger partial charge in [0.05, 0.1) is 5.69 Å². The number of aryl methyl sites for hydroxylation is 1. The molecule has 0 bridgehead atoms. The van der Waals surface area contributed by atoms with Crippen molar-refractivity contribution in [1.29, 1.82) is 0 Å². The van der Waals surface area contributed by atoms with Crippen molar-refractivity contribution >= 4 is 0 Å². The zero-order valence-electron chi connectivity index (χ0n) is 8.07. The number of aromatic nitrogens is 5. The second-order valence-electron chi connectivity index (χ2n) is 3.07. The SMILES string of the molecule is OCCCc1cn(Cc2ncno2)nn1. The lowest BCUT2D eigenvalue weighted by Gasteiger charge is -1.92. The fraction of sp³-hybridized carbons (Fsp3) is 0.500. The summed E-state index contributed by atoms with van der Waals surface area (Å²) in [4.78, 5) is 3.88. The Balaban J connectivity index is 1.95. The van der Waals surface area contributed by atoms with E-state index in [1.807, 2.05) is 0 Å². The van der Waals surface area contributed by atoms with Crippen LogP contribution in [0.25, 0.3) is 0 Å². The molecule has 2 heterocycles. The first-order valence-electron chi connectivity index (χ1n) is 4.64. The van der Waals surface area contributed by atoms with Gasteiger partial charge in [-0.1, -0.05) is 10.4 Å². The van der Waals surface area contributed by atoms with E-state index in [1.165, 1.54) is 6.33 Å². The average Bonchev–Trinajstić information content (AvgIpc) is 2.87. The quantitative estimate of drug-likeness (QED) is 0.722. The van der Waals surface area contributed by atoms with Crippen LogP contribution >= 0.6 is 0 Å². The van der Waals surface area contributed by atoms with Gasteiger partial charge >= 0.3 is 0 Å². The summed E-state index contributed by atoms with van der Waals surface area (Å²) in [5, 5.41) is 20.0. The van der Waals surface area contributed by atoms with Gasteiger partial charge in [0.2, 0.25) is 5.89 Å². The number of hydrogen-bond acceptors (Lipinski definition) is 6. The summed E-state index contributed by atoms with van der Waals surface area (Å²) >= 11 is 0. The Kier molecular flexibility index (Phi) is 3.03. The maximum absolute atomic E-state index is 8.65. The van der Waals surface area contributed by atoms with Gasteiger partial charge in [0.1, 0.15) is 6.54 Å². The first kappa shape index (κ1) is 9.78. The molecule has 0 saturated heterocycles. The third-order valence-electron chi connectivity index (χ3n) is 1.88. The van der Waals surface area contributed by atoms with Gasteiger partial charge in [-0.2, -0.15) is 4.98 Å². The minimum Gasteiger partial charge on any atom is -0.396 e. The topological polar surface area (TPSA) is 89.9 Å². The molecule has 2 rings (SSSR count). The molecule has 2 aromatic heterocycles. The molecule has 0 radical (unpaired) electrons. The van der Waals surface area contributed by atoms with Gasteiger partial charge in [0.15, 0.2) is 6.33 Å². The molecule has 0 spiro atoms. The lowest BCUT2D eigenvalue weighted by Crippen LogP contribution is -2.00. The highest BCUT2D eigenvalue weighted by Gasteiger charge is 2.04. The lowest BCUT2D eigenvalue weighted by molar-refractivity contribution is 0.288. The number of hydrogen-bond donors (Lipinski definition) is 1. The molecule has 2 aromatic rings. The van der Waals surface area contributed by atoms with Gasteiger partial charge in [-0.3, -0.25) is 0 Å². The van der Waals surface area contributed by atoms with Gasteiger partial charge in [-0.05, 0) is 12.8 Å². The third-order valence-corrected chi connectivity index (χ3v) is 1.88. The monoisotopic (exact) mass is 209 g/mol. The molecule has 0 aliphatic carbocycles. The molecule has 15 heavy (non-hydrogen) atoms.